The number of aromatic nitrogens is 2. The normalized spacial score (nSPS) is 12.0. The highest BCUT2D eigenvalue weighted by Crippen LogP contribution is 2.28. The monoisotopic (exact) mass is 343 g/mol. The van der Waals surface area contributed by atoms with Crippen molar-refractivity contribution in [1.82, 2.24) is 9.97 Å². The number of nitrogens with zero attached hydrogens (tertiary/aromatic N) is 2. The first-order valence-electron chi connectivity index (χ1n) is 8.09. The van der Waals surface area contributed by atoms with Gasteiger partial charge in [0.1, 0.15) is 5.01 Å². The second kappa shape index (κ2) is 6.97. The average molecular weight is 343 g/mol. The van der Waals surface area contributed by atoms with E-state index in [9.17, 15) is 0 Å². The lowest BCUT2D eigenvalue weighted by Crippen LogP contribution is -2.12. The largest absolute Gasteiger partial charge is 0.317 e. The Kier molecular flexibility index (Phi) is 4.37. The molecule has 2 N–H and O–H groups in total. The highest BCUT2D eigenvalue weighted by Gasteiger charge is 2.15. The first-order chi connectivity index (χ1) is 12.3. The number of pyridine rings is 1. The summed E-state index contributed by atoms with van der Waals surface area (Å²) < 4.78 is 0. The summed E-state index contributed by atoms with van der Waals surface area (Å²) >= 11 is 1.57. The molecule has 0 radical (unpaired) electrons. The van der Waals surface area contributed by atoms with Crippen LogP contribution in [0.5, 0.6) is 0 Å². The van der Waals surface area contributed by atoms with E-state index >= 15 is 0 Å². The van der Waals surface area contributed by atoms with E-state index < -0.39 is 0 Å². The third kappa shape index (κ3) is 3.36. The van der Waals surface area contributed by atoms with Crippen LogP contribution in [0.4, 0.5) is 0 Å². The molecule has 0 fully saturated rings. The Hall–Kier alpha value is -2.82. The zero-order valence-electron chi connectivity index (χ0n) is 13.5. The summed E-state index contributed by atoms with van der Waals surface area (Å²) in [5.74, 6) is 0. The average Bonchev–Trinajstić information content (AvgIpc) is 3.19. The molecule has 2 heterocycles. The molecule has 0 saturated heterocycles. The van der Waals surface area contributed by atoms with Gasteiger partial charge in [-0.3, -0.25) is 4.98 Å². The zero-order chi connectivity index (χ0) is 17.1. The second-order valence-corrected chi connectivity index (χ2v) is 6.64. The van der Waals surface area contributed by atoms with Crippen LogP contribution in [0, 0.1) is 0 Å². The third-order valence-corrected chi connectivity index (χ3v) is 5.01. The molecule has 2 aromatic carbocycles. The minimum Gasteiger partial charge on any atom is -0.317 e. The van der Waals surface area contributed by atoms with Gasteiger partial charge in [-0.1, -0.05) is 60.7 Å². The summed E-state index contributed by atoms with van der Waals surface area (Å²) in [7, 11) is 0. The van der Waals surface area contributed by atoms with Gasteiger partial charge in [0.25, 0.3) is 0 Å². The quantitative estimate of drug-likeness (QED) is 0.572. The van der Waals surface area contributed by atoms with Crippen molar-refractivity contribution in [1.29, 1.82) is 0 Å². The summed E-state index contributed by atoms with van der Waals surface area (Å²) in [6, 6.07) is 24.3. The van der Waals surface area contributed by atoms with Gasteiger partial charge in [-0.05, 0) is 23.3 Å². The molecular formula is C21H17N3S. The second-order valence-electron chi connectivity index (χ2n) is 5.75. The van der Waals surface area contributed by atoms with Crippen molar-refractivity contribution >= 4 is 11.3 Å². The van der Waals surface area contributed by atoms with Crippen LogP contribution >= 0.6 is 11.3 Å². The van der Waals surface area contributed by atoms with Gasteiger partial charge in [-0.15, -0.1) is 11.3 Å². The standard InChI is InChI=1S/C21H17N3S/c22-20(18-8-4-5-13-23-18)21-24-19(14-25-21)17-11-9-16(10-12-17)15-6-2-1-3-7-15/h1-14,20H,22H2. The Morgan fingerprint density at radius 2 is 1.44 bits per heavy atom. The number of thiazole rings is 1. The lowest BCUT2D eigenvalue weighted by molar-refractivity contribution is 0.819. The lowest BCUT2D eigenvalue weighted by atomic mass is 10.0. The van der Waals surface area contributed by atoms with Crippen LogP contribution in [-0.2, 0) is 0 Å². The molecular weight excluding hydrogens is 326 g/mol. The Morgan fingerprint density at radius 1 is 0.760 bits per heavy atom. The fourth-order valence-electron chi connectivity index (χ4n) is 2.71. The predicted molar refractivity (Wildman–Crippen MR) is 103 cm³/mol. The maximum atomic E-state index is 6.29. The molecule has 0 spiro atoms. The first kappa shape index (κ1) is 15.7. The molecule has 3 nitrogen and oxygen atoms in total. The zero-order valence-corrected chi connectivity index (χ0v) is 14.4. The van der Waals surface area contributed by atoms with Gasteiger partial charge >= 0.3 is 0 Å². The Labute approximate surface area is 150 Å². The van der Waals surface area contributed by atoms with Gasteiger partial charge in [-0.2, -0.15) is 0 Å². The Bertz CT molecular complexity index is 947. The number of hydrogen-bond donors (Lipinski definition) is 1. The minimum absolute atomic E-state index is 0.288. The van der Waals surface area contributed by atoms with Crippen LogP contribution in [0.2, 0.25) is 0 Å². The van der Waals surface area contributed by atoms with Gasteiger partial charge in [-0.25, -0.2) is 4.98 Å². The molecule has 0 aliphatic rings. The van der Waals surface area contributed by atoms with Crippen molar-refractivity contribution in [2.75, 3.05) is 0 Å². The first-order valence-corrected chi connectivity index (χ1v) is 8.97. The van der Waals surface area contributed by atoms with Gasteiger partial charge in [0.05, 0.1) is 17.4 Å². The topological polar surface area (TPSA) is 51.8 Å². The van der Waals surface area contributed by atoms with Crippen molar-refractivity contribution in [3.8, 4) is 22.4 Å². The van der Waals surface area contributed by atoms with E-state index in [1.165, 1.54) is 11.1 Å². The van der Waals surface area contributed by atoms with E-state index in [2.05, 4.69) is 58.9 Å². The van der Waals surface area contributed by atoms with E-state index in [4.69, 9.17) is 10.7 Å². The van der Waals surface area contributed by atoms with Crippen molar-refractivity contribution in [3.63, 3.8) is 0 Å². The molecule has 4 heteroatoms. The Morgan fingerprint density at radius 3 is 2.16 bits per heavy atom. The molecule has 4 rings (SSSR count). The van der Waals surface area contributed by atoms with E-state index in [1.54, 1.807) is 17.5 Å². The summed E-state index contributed by atoms with van der Waals surface area (Å²) in [4.78, 5) is 9.04. The van der Waals surface area contributed by atoms with Crippen LogP contribution in [0.3, 0.4) is 0 Å². The van der Waals surface area contributed by atoms with Gasteiger partial charge in [0.2, 0.25) is 0 Å². The van der Waals surface area contributed by atoms with Crippen LogP contribution in [0.1, 0.15) is 16.7 Å². The molecule has 0 amide bonds. The smallest absolute Gasteiger partial charge is 0.116 e. The van der Waals surface area contributed by atoms with Crippen molar-refractivity contribution in [2.24, 2.45) is 5.73 Å². The van der Waals surface area contributed by atoms with Crippen molar-refractivity contribution in [2.45, 2.75) is 6.04 Å². The third-order valence-electron chi connectivity index (χ3n) is 4.08. The van der Waals surface area contributed by atoms with Crippen LogP contribution in [-0.4, -0.2) is 9.97 Å². The van der Waals surface area contributed by atoms with Gasteiger partial charge < -0.3 is 5.73 Å². The number of benzene rings is 2. The Balaban J connectivity index is 1.58. The number of rotatable bonds is 4. The molecule has 25 heavy (non-hydrogen) atoms. The molecule has 4 aromatic rings. The summed E-state index contributed by atoms with van der Waals surface area (Å²) in [5.41, 5.74) is 11.6. The fraction of sp³-hybridized carbons (Fsp3) is 0.0476. The molecule has 1 atom stereocenters. The highest BCUT2D eigenvalue weighted by atomic mass is 32.1. The lowest BCUT2D eigenvalue weighted by Gasteiger charge is -2.07. The molecule has 0 aliphatic heterocycles. The number of hydrogen-bond acceptors (Lipinski definition) is 4. The van der Waals surface area contributed by atoms with Crippen molar-refractivity contribution < 1.29 is 0 Å². The van der Waals surface area contributed by atoms with E-state index in [-0.39, 0.29) is 6.04 Å². The fourth-order valence-corrected chi connectivity index (χ4v) is 3.55. The van der Waals surface area contributed by atoms with Crippen molar-refractivity contribution in [3.05, 3.63) is 95.1 Å². The minimum atomic E-state index is -0.288. The highest BCUT2D eigenvalue weighted by molar-refractivity contribution is 7.10. The van der Waals surface area contributed by atoms with Crippen LogP contribution in [0.15, 0.2) is 84.4 Å². The molecule has 0 saturated carbocycles. The van der Waals surface area contributed by atoms with E-state index in [0.717, 1.165) is 22.0 Å². The molecule has 122 valence electrons. The number of nitrogens with two attached hydrogens (primary N) is 1. The maximum absolute atomic E-state index is 6.29. The van der Waals surface area contributed by atoms with E-state index in [1.807, 2.05) is 24.3 Å². The molecule has 0 aliphatic carbocycles. The summed E-state index contributed by atoms with van der Waals surface area (Å²) in [6.07, 6.45) is 1.76. The van der Waals surface area contributed by atoms with Crippen LogP contribution in [0.25, 0.3) is 22.4 Å². The van der Waals surface area contributed by atoms with E-state index in [0.29, 0.717) is 0 Å². The predicted octanol–water partition coefficient (Wildman–Crippen LogP) is 4.92. The van der Waals surface area contributed by atoms with Gasteiger partial charge in [0.15, 0.2) is 0 Å². The SMILES string of the molecule is NC(c1ccccn1)c1nc(-c2ccc(-c3ccccc3)cc2)cs1. The molecule has 1 unspecified atom stereocenters. The maximum Gasteiger partial charge on any atom is 0.116 e. The molecule has 0 bridgehead atoms. The van der Waals surface area contributed by atoms with Gasteiger partial charge in [0, 0.05) is 17.1 Å². The molecule has 2 aromatic heterocycles. The summed E-state index contributed by atoms with van der Waals surface area (Å²) in [5, 5.41) is 2.93. The van der Waals surface area contributed by atoms with Crippen LogP contribution < -0.4 is 5.73 Å². The summed E-state index contributed by atoms with van der Waals surface area (Å²) in [6.45, 7) is 0.